The summed E-state index contributed by atoms with van der Waals surface area (Å²) in [6.07, 6.45) is 0. The van der Waals surface area contributed by atoms with Crippen LogP contribution in [0.4, 0.5) is 0 Å². The highest BCUT2D eigenvalue weighted by Crippen LogP contribution is 2.23. The number of carboxylic acid groups (broad SMARTS) is 2. The molecular formula is C12H22O5S4. The Balaban J connectivity index is -0.000000240. The van der Waals surface area contributed by atoms with E-state index in [-0.39, 0.29) is 22.0 Å². The highest BCUT2D eigenvalue weighted by atomic mass is 33.1. The van der Waals surface area contributed by atoms with Crippen LogP contribution in [-0.2, 0) is 14.3 Å². The summed E-state index contributed by atoms with van der Waals surface area (Å²) in [5, 5.41) is 15.8. The summed E-state index contributed by atoms with van der Waals surface area (Å²) in [6, 6.07) is 0. The number of thiol groups is 2. The summed E-state index contributed by atoms with van der Waals surface area (Å²) in [5.74, 6) is -1.87. The van der Waals surface area contributed by atoms with E-state index in [0.717, 1.165) is 0 Å². The lowest BCUT2D eigenvalue weighted by atomic mass is 10.4. The van der Waals surface area contributed by atoms with Crippen LogP contribution in [0, 0.1) is 0 Å². The standard InChI is InChI=1S/2C4H6O2.C4H10OS4/c2*1-3(2)4(5)6;1-3(8-6)5-4(2)9-7/h2*1H2,2H3,(H,5,6);3-4,6-7H,1-2H3. The number of hydrogen-bond donors (Lipinski definition) is 4. The van der Waals surface area contributed by atoms with Crippen molar-refractivity contribution in [2.45, 2.75) is 38.6 Å². The Morgan fingerprint density at radius 3 is 1.24 bits per heavy atom. The Morgan fingerprint density at radius 1 is 0.952 bits per heavy atom. The molecule has 124 valence electrons. The van der Waals surface area contributed by atoms with Crippen molar-refractivity contribution in [1.82, 2.24) is 0 Å². The van der Waals surface area contributed by atoms with E-state index in [1.165, 1.54) is 35.4 Å². The summed E-state index contributed by atoms with van der Waals surface area (Å²) < 4.78 is 5.32. The highest BCUT2D eigenvalue weighted by Gasteiger charge is 2.05. The number of aliphatic carboxylic acids is 2. The third kappa shape index (κ3) is 25.1. The van der Waals surface area contributed by atoms with Crippen molar-refractivity contribution in [3.63, 3.8) is 0 Å². The van der Waals surface area contributed by atoms with Gasteiger partial charge in [0.2, 0.25) is 0 Å². The van der Waals surface area contributed by atoms with Crippen molar-refractivity contribution in [3.8, 4) is 0 Å². The van der Waals surface area contributed by atoms with Gasteiger partial charge >= 0.3 is 11.9 Å². The monoisotopic (exact) mass is 374 g/mol. The number of carboxylic acids is 2. The quantitative estimate of drug-likeness (QED) is 0.241. The molecular weight excluding hydrogens is 352 g/mol. The molecule has 0 bridgehead atoms. The predicted octanol–water partition coefficient (Wildman–Crippen LogP) is 4.15. The van der Waals surface area contributed by atoms with E-state index >= 15 is 0 Å². The molecule has 0 aliphatic heterocycles. The SMILES string of the molecule is C=C(C)C(=O)O.C=C(C)C(=O)O.CC(OC(C)SS)SS. The van der Waals surface area contributed by atoms with Crippen LogP contribution in [0.15, 0.2) is 24.3 Å². The van der Waals surface area contributed by atoms with Gasteiger partial charge in [0.15, 0.2) is 0 Å². The van der Waals surface area contributed by atoms with E-state index in [4.69, 9.17) is 14.9 Å². The molecule has 0 saturated heterocycles. The van der Waals surface area contributed by atoms with Gasteiger partial charge in [0.1, 0.15) is 10.9 Å². The van der Waals surface area contributed by atoms with Crippen LogP contribution in [0.2, 0.25) is 0 Å². The molecule has 0 fully saturated rings. The summed E-state index contributed by atoms with van der Waals surface area (Å²) in [4.78, 5) is 19.2. The van der Waals surface area contributed by atoms with Crippen LogP contribution in [0.25, 0.3) is 0 Å². The van der Waals surface area contributed by atoms with Crippen molar-refractivity contribution in [1.29, 1.82) is 0 Å². The maximum Gasteiger partial charge on any atom is 0.330 e. The van der Waals surface area contributed by atoms with Gasteiger partial charge in [-0.1, -0.05) is 34.7 Å². The van der Waals surface area contributed by atoms with Gasteiger partial charge < -0.3 is 14.9 Å². The number of carbonyl (C=O) groups is 2. The van der Waals surface area contributed by atoms with Crippen molar-refractivity contribution in [2.75, 3.05) is 0 Å². The van der Waals surface area contributed by atoms with Crippen molar-refractivity contribution >= 4 is 56.8 Å². The molecule has 5 nitrogen and oxygen atoms in total. The Hall–Kier alpha value is -0.220. The van der Waals surface area contributed by atoms with Crippen LogP contribution >= 0.6 is 44.9 Å². The van der Waals surface area contributed by atoms with E-state index in [2.05, 4.69) is 36.5 Å². The predicted molar refractivity (Wildman–Crippen MR) is 98.1 cm³/mol. The molecule has 0 saturated carbocycles. The van der Waals surface area contributed by atoms with Crippen LogP contribution in [0.1, 0.15) is 27.7 Å². The van der Waals surface area contributed by atoms with Gasteiger partial charge in [0.05, 0.1) is 0 Å². The molecule has 2 unspecified atom stereocenters. The summed E-state index contributed by atoms with van der Waals surface area (Å²) >= 11 is 7.97. The summed E-state index contributed by atoms with van der Waals surface area (Å²) in [7, 11) is 2.79. The minimum atomic E-state index is -0.935. The fourth-order valence-electron chi connectivity index (χ4n) is 0.320. The molecule has 0 aliphatic rings. The first kappa shape index (κ1) is 25.7. The molecule has 0 aromatic heterocycles. The van der Waals surface area contributed by atoms with Crippen LogP contribution in [0.3, 0.4) is 0 Å². The molecule has 0 aliphatic carbocycles. The first-order chi connectivity index (χ1) is 9.49. The minimum Gasteiger partial charge on any atom is -0.478 e. The van der Waals surface area contributed by atoms with Crippen molar-refractivity contribution in [2.24, 2.45) is 0 Å². The maximum atomic E-state index is 9.60. The van der Waals surface area contributed by atoms with Crippen molar-refractivity contribution < 1.29 is 24.5 Å². The van der Waals surface area contributed by atoms with E-state index in [1.807, 2.05) is 13.8 Å². The molecule has 21 heavy (non-hydrogen) atoms. The normalized spacial score (nSPS) is 11.7. The van der Waals surface area contributed by atoms with Gasteiger partial charge in [0, 0.05) is 11.1 Å². The Kier molecular flexibility index (Phi) is 19.8. The third-order valence-corrected chi connectivity index (χ3v) is 4.01. The molecule has 0 aromatic rings. The first-order valence-electron chi connectivity index (χ1n) is 5.53. The zero-order chi connectivity index (χ0) is 17.6. The second kappa shape index (κ2) is 16.2. The molecule has 9 heteroatoms. The van der Waals surface area contributed by atoms with Gasteiger partial charge in [-0.25, -0.2) is 9.59 Å². The largest absolute Gasteiger partial charge is 0.478 e. The second-order valence-corrected chi connectivity index (χ2v) is 6.67. The molecule has 0 amide bonds. The lowest BCUT2D eigenvalue weighted by Gasteiger charge is -2.13. The van der Waals surface area contributed by atoms with Gasteiger partial charge in [-0.2, -0.15) is 0 Å². The van der Waals surface area contributed by atoms with E-state index in [9.17, 15) is 9.59 Å². The molecule has 2 N–H and O–H groups in total. The van der Waals surface area contributed by atoms with Gasteiger partial charge in [0.25, 0.3) is 0 Å². The van der Waals surface area contributed by atoms with E-state index in [0.29, 0.717) is 0 Å². The summed E-state index contributed by atoms with van der Waals surface area (Å²) in [6.45, 7) is 13.1. The van der Waals surface area contributed by atoms with Crippen LogP contribution < -0.4 is 0 Å². The lowest BCUT2D eigenvalue weighted by Crippen LogP contribution is -2.07. The Labute approximate surface area is 144 Å². The van der Waals surface area contributed by atoms with Crippen LogP contribution in [-0.4, -0.2) is 33.0 Å². The average Bonchev–Trinajstić information content (AvgIpc) is 2.39. The molecule has 0 rings (SSSR count). The van der Waals surface area contributed by atoms with Crippen molar-refractivity contribution in [3.05, 3.63) is 24.3 Å². The number of rotatable bonds is 6. The Morgan fingerprint density at radius 2 is 1.14 bits per heavy atom. The number of hydrogen-bond acceptors (Lipinski definition) is 7. The van der Waals surface area contributed by atoms with Gasteiger partial charge in [-0.05, 0) is 27.7 Å². The Bertz CT molecular complexity index is 291. The highest BCUT2D eigenvalue weighted by molar-refractivity contribution is 8.69. The topological polar surface area (TPSA) is 83.8 Å². The summed E-state index contributed by atoms with van der Waals surface area (Å²) in [5.41, 5.74) is 0.635. The maximum absolute atomic E-state index is 9.60. The molecule has 2 atom stereocenters. The second-order valence-electron chi connectivity index (χ2n) is 3.65. The molecule has 0 spiro atoms. The zero-order valence-electron chi connectivity index (χ0n) is 12.4. The third-order valence-electron chi connectivity index (χ3n) is 1.41. The zero-order valence-corrected chi connectivity index (χ0v) is 15.8. The minimum absolute atomic E-state index is 0.142. The molecule has 0 radical (unpaired) electrons. The number of ether oxygens (including phenoxy) is 1. The van der Waals surface area contributed by atoms with Gasteiger partial charge in [-0.3, -0.25) is 0 Å². The first-order valence-corrected chi connectivity index (χ1v) is 9.39. The van der Waals surface area contributed by atoms with E-state index in [1.54, 1.807) is 0 Å². The molecule has 0 heterocycles. The fraction of sp³-hybridized carbons (Fsp3) is 0.500. The fourth-order valence-corrected chi connectivity index (χ4v) is 1.12. The lowest BCUT2D eigenvalue weighted by molar-refractivity contribution is -0.133. The molecule has 0 aromatic carbocycles. The average molecular weight is 375 g/mol. The van der Waals surface area contributed by atoms with Gasteiger partial charge in [-0.15, -0.1) is 23.3 Å². The van der Waals surface area contributed by atoms with E-state index < -0.39 is 11.9 Å². The van der Waals surface area contributed by atoms with Crippen LogP contribution in [0.5, 0.6) is 0 Å². The smallest absolute Gasteiger partial charge is 0.330 e.